The van der Waals surface area contributed by atoms with Crippen molar-refractivity contribution in [3.05, 3.63) is 35.9 Å². The van der Waals surface area contributed by atoms with Gasteiger partial charge in [0.25, 0.3) is 5.91 Å². The predicted molar refractivity (Wildman–Crippen MR) is 88.8 cm³/mol. The molecular formula is C17H27N3O2. The molecule has 0 spiro atoms. The number of amides is 2. The summed E-state index contributed by atoms with van der Waals surface area (Å²) in [7, 11) is 0. The Kier molecular flexibility index (Phi) is 8.91. The summed E-state index contributed by atoms with van der Waals surface area (Å²) in [5, 5.41) is 5.63. The first-order chi connectivity index (χ1) is 10.7. The molecule has 122 valence electrons. The molecule has 0 bridgehead atoms. The molecule has 0 saturated heterocycles. The number of nitrogens with zero attached hydrogens (tertiary/aromatic N) is 1. The Morgan fingerprint density at radius 2 is 1.68 bits per heavy atom. The number of rotatable bonds is 10. The molecule has 0 aromatic heterocycles. The number of carbonyl (C=O) groups excluding carboxylic acids is 2. The van der Waals surface area contributed by atoms with Gasteiger partial charge in [0, 0.05) is 25.1 Å². The van der Waals surface area contributed by atoms with Gasteiger partial charge in [0.15, 0.2) is 0 Å². The van der Waals surface area contributed by atoms with E-state index in [1.165, 1.54) is 0 Å². The smallest absolute Gasteiger partial charge is 0.251 e. The maximum Gasteiger partial charge on any atom is 0.251 e. The topological polar surface area (TPSA) is 61.4 Å². The number of hydrogen-bond donors (Lipinski definition) is 2. The van der Waals surface area contributed by atoms with Crippen LogP contribution in [0, 0.1) is 0 Å². The lowest BCUT2D eigenvalue weighted by Gasteiger charge is -2.17. The molecule has 2 amide bonds. The molecule has 0 aliphatic rings. The van der Waals surface area contributed by atoms with Crippen LogP contribution >= 0.6 is 0 Å². The average Bonchev–Trinajstić information content (AvgIpc) is 2.55. The molecule has 0 heterocycles. The van der Waals surface area contributed by atoms with Crippen LogP contribution in [0.3, 0.4) is 0 Å². The zero-order valence-corrected chi connectivity index (χ0v) is 13.6. The Balaban J connectivity index is 2.10. The van der Waals surface area contributed by atoms with Crippen LogP contribution in [0.2, 0.25) is 0 Å². The first-order valence-corrected chi connectivity index (χ1v) is 7.99. The van der Waals surface area contributed by atoms with Crippen molar-refractivity contribution < 1.29 is 9.59 Å². The van der Waals surface area contributed by atoms with Crippen molar-refractivity contribution >= 4 is 11.8 Å². The van der Waals surface area contributed by atoms with E-state index in [1.807, 2.05) is 18.2 Å². The summed E-state index contributed by atoms with van der Waals surface area (Å²) in [6.07, 6.45) is 1.26. The highest BCUT2D eigenvalue weighted by molar-refractivity contribution is 5.94. The van der Waals surface area contributed by atoms with Gasteiger partial charge in [-0.2, -0.15) is 0 Å². The van der Waals surface area contributed by atoms with Crippen LogP contribution in [0.15, 0.2) is 30.3 Å². The third kappa shape index (κ3) is 7.22. The third-order valence-corrected chi connectivity index (χ3v) is 3.54. The van der Waals surface area contributed by atoms with Crippen LogP contribution in [0.1, 0.15) is 37.0 Å². The van der Waals surface area contributed by atoms with Gasteiger partial charge in [0.05, 0.1) is 0 Å². The van der Waals surface area contributed by atoms with Crippen molar-refractivity contribution in [2.24, 2.45) is 0 Å². The van der Waals surface area contributed by atoms with E-state index in [9.17, 15) is 9.59 Å². The number of nitrogens with one attached hydrogen (secondary N) is 2. The van der Waals surface area contributed by atoms with Crippen LogP contribution in [-0.4, -0.2) is 49.4 Å². The summed E-state index contributed by atoms with van der Waals surface area (Å²) in [6.45, 7) is 8.39. The van der Waals surface area contributed by atoms with E-state index in [1.54, 1.807) is 12.1 Å². The zero-order valence-electron chi connectivity index (χ0n) is 13.6. The Hall–Kier alpha value is -1.88. The maximum absolute atomic E-state index is 11.8. The van der Waals surface area contributed by atoms with E-state index in [-0.39, 0.29) is 11.8 Å². The molecule has 0 atom stereocenters. The molecule has 0 aliphatic heterocycles. The Morgan fingerprint density at radius 3 is 2.32 bits per heavy atom. The Morgan fingerprint density at radius 1 is 1.00 bits per heavy atom. The summed E-state index contributed by atoms with van der Waals surface area (Å²) < 4.78 is 0. The molecule has 0 radical (unpaired) electrons. The normalized spacial score (nSPS) is 10.5. The fraction of sp³-hybridized carbons (Fsp3) is 0.529. The van der Waals surface area contributed by atoms with Crippen molar-refractivity contribution in [1.29, 1.82) is 0 Å². The first-order valence-electron chi connectivity index (χ1n) is 7.99. The number of benzene rings is 1. The van der Waals surface area contributed by atoms with Crippen molar-refractivity contribution in [2.75, 3.05) is 32.7 Å². The molecule has 1 rings (SSSR count). The van der Waals surface area contributed by atoms with Gasteiger partial charge in [-0.3, -0.25) is 9.59 Å². The van der Waals surface area contributed by atoms with Crippen molar-refractivity contribution in [3.8, 4) is 0 Å². The van der Waals surface area contributed by atoms with Crippen LogP contribution in [0.4, 0.5) is 0 Å². The molecule has 5 nitrogen and oxygen atoms in total. The minimum Gasteiger partial charge on any atom is -0.356 e. The summed E-state index contributed by atoms with van der Waals surface area (Å²) in [5.41, 5.74) is 0.613. The quantitative estimate of drug-likeness (QED) is 0.646. The average molecular weight is 305 g/mol. The van der Waals surface area contributed by atoms with Crippen LogP contribution in [0.25, 0.3) is 0 Å². The van der Waals surface area contributed by atoms with Crippen molar-refractivity contribution in [3.63, 3.8) is 0 Å². The molecule has 1 aromatic carbocycles. The second-order valence-electron chi connectivity index (χ2n) is 5.10. The van der Waals surface area contributed by atoms with Crippen LogP contribution in [-0.2, 0) is 4.79 Å². The van der Waals surface area contributed by atoms with Crippen LogP contribution < -0.4 is 10.6 Å². The fourth-order valence-corrected chi connectivity index (χ4v) is 2.14. The maximum atomic E-state index is 11.8. The van der Waals surface area contributed by atoms with E-state index in [4.69, 9.17) is 0 Å². The lowest BCUT2D eigenvalue weighted by atomic mass is 10.2. The van der Waals surface area contributed by atoms with Gasteiger partial charge >= 0.3 is 0 Å². The molecule has 0 saturated carbocycles. The summed E-state index contributed by atoms with van der Waals surface area (Å²) in [6, 6.07) is 9.00. The molecule has 0 unspecified atom stereocenters. The van der Waals surface area contributed by atoms with Gasteiger partial charge in [-0.05, 0) is 38.2 Å². The van der Waals surface area contributed by atoms with E-state index >= 15 is 0 Å². The zero-order chi connectivity index (χ0) is 16.2. The standard InChI is InChI=1S/C17H27N3O2/c1-3-20(4-2)14-8-12-18-16(21)11-13-19-17(22)15-9-6-5-7-10-15/h5-7,9-10H,3-4,8,11-14H2,1-2H3,(H,18,21)(H,19,22). The highest BCUT2D eigenvalue weighted by Crippen LogP contribution is 1.97. The molecule has 2 N–H and O–H groups in total. The molecule has 0 fully saturated rings. The lowest BCUT2D eigenvalue weighted by Crippen LogP contribution is -2.32. The highest BCUT2D eigenvalue weighted by atomic mass is 16.2. The molecular weight excluding hydrogens is 278 g/mol. The van der Waals surface area contributed by atoms with Gasteiger partial charge in [-0.1, -0.05) is 32.0 Å². The Labute approximate surface area is 133 Å². The van der Waals surface area contributed by atoms with Gasteiger partial charge in [0.1, 0.15) is 0 Å². The Bertz CT molecular complexity index is 444. The van der Waals surface area contributed by atoms with E-state index in [0.29, 0.717) is 25.1 Å². The minimum absolute atomic E-state index is 0.0205. The minimum atomic E-state index is -0.144. The highest BCUT2D eigenvalue weighted by Gasteiger charge is 2.06. The first kappa shape index (κ1) is 18.2. The van der Waals surface area contributed by atoms with E-state index < -0.39 is 0 Å². The van der Waals surface area contributed by atoms with Gasteiger partial charge in [0.2, 0.25) is 5.91 Å². The second kappa shape index (κ2) is 10.8. The van der Waals surface area contributed by atoms with E-state index in [0.717, 1.165) is 26.1 Å². The monoisotopic (exact) mass is 305 g/mol. The molecule has 22 heavy (non-hydrogen) atoms. The van der Waals surface area contributed by atoms with Crippen molar-refractivity contribution in [2.45, 2.75) is 26.7 Å². The molecule has 1 aromatic rings. The van der Waals surface area contributed by atoms with Crippen LogP contribution in [0.5, 0.6) is 0 Å². The predicted octanol–water partition coefficient (Wildman–Crippen LogP) is 1.65. The lowest BCUT2D eigenvalue weighted by molar-refractivity contribution is -0.120. The fourth-order valence-electron chi connectivity index (χ4n) is 2.14. The third-order valence-electron chi connectivity index (χ3n) is 3.54. The summed E-state index contributed by atoms with van der Waals surface area (Å²) >= 11 is 0. The van der Waals surface area contributed by atoms with Gasteiger partial charge in [-0.25, -0.2) is 0 Å². The number of carbonyl (C=O) groups is 2. The molecule has 5 heteroatoms. The summed E-state index contributed by atoms with van der Waals surface area (Å²) in [5.74, 6) is -0.164. The second-order valence-corrected chi connectivity index (χ2v) is 5.10. The number of hydrogen-bond acceptors (Lipinski definition) is 3. The summed E-state index contributed by atoms with van der Waals surface area (Å²) in [4.78, 5) is 25.8. The molecule has 0 aliphatic carbocycles. The van der Waals surface area contributed by atoms with Gasteiger partial charge < -0.3 is 15.5 Å². The SMILES string of the molecule is CCN(CC)CCCNC(=O)CCNC(=O)c1ccccc1. The van der Waals surface area contributed by atoms with Gasteiger partial charge in [-0.15, -0.1) is 0 Å². The largest absolute Gasteiger partial charge is 0.356 e. The van der Waals surface area contributed by atoms with E-state index in [2.05, 4.69) is 29.4 Å². The van der Waals surface area contributed by atoms with Crippen molar-refractivity contribution in [1.82, 2.24) is 15.5 Å².